The quantitative estimate of drug-likeness (QED) is 0.796. The van der Waals surface area contributed by atoms with E-state index in [1.54, 1.807) is 0 Å². The number of nitrogens with two attached hydrogens (primary N) is 1. The van der Waals surface area contributed by atoms with E-state index in [-0.39, 0.29) is 0 Å². The van der Waals surface area contributed by atoms with Crippen LogP contribution in [0.1, 0.15) is 13.8 Å². The second kappa shape index (κ2) is 5.48. The number of anilines is 2. The van der Waals surface area contributed by atoms with Gasteiger partial charge in [-0.3, -0.25) is 4.57 Å². The van der Waals surface area contributed by atoms with Crippen molar-refractivity contribution in [3.63, 3.8) is 0 Å². The third-order valence-corrected chi connectivity index (χ3v) is 3.80. The molecule has 1 aromatic heterocycles. The first-order chi connectivity index (χ1) is 10.2. The molecular weight excluding hydrogens is 260 g/mol. The van der Waals surface area contributed by atoms with Gasteiger partial charge in [-0.1, -0.05) is 18.2 Å². The predicted octanol–water partition coefficient (Wildman–Crippen LogP) is 3.45. The average Bonchev–Trinajstić information content (AvgIpc) is 2.84. The summed E-state index contributed by atoms with van der Waals surface area (Å²) in [6.45, 7) is 6.30. The first-order valence-electron chi connectivity index (χ1n) is 7.33. The Labute approximate surface area is 124 Å². The van der Waals surface area contributed by atoms with Crippen LogP contribution in [-0.4, -0.2) is 22.6 Å². The molecule has 3 aromatic rings. The molecule has 2 aromatic carbocycles. The highest BCUT2D eigenvalue weighted by atomic mass is 15.2. The van der Waals surface area contributed by atoms with E-state index < -0.39 is 0 Å². The molecule has 0 saturated heterocycles. The summed E-state index contributed by atoms with van der Waals surface area (Å²) in [6, 6.07) is 16.4. The molecular formula is C17H20N4. The zero-order valence-corrected chi connectivity index (χ0v) is 12.5. The van der Waals surface area contributed by atoms with Crippen LogP contribution in [0.25, 0.3) is 16.7 Å². The molecule has 0 atom stereocenters. The van der Waals surface area contributed by atoms with Gasteiger partial charge in [0, 0.05) is 18.8 Å². The Hall–Kier alpha value is -2.49. The summed E-state index contributed by atoms with van der Waals surface area (Å²) in [7, 11) is 0. The van der Waals surface area contributed by atoms with E-state index in [1.807, 2.05) is 28.8 Å². The van der Waals surface area contributed by atoms with E-state index in [0.717, 1.165) is 29.8 Å². The van der Waals surface area contributed by atoms with Crippen molar-refractivity contribution in [1.29, 1.82) is 0 Å². The third-order valence-electron chi connectivity index (χ3n) is 3.80. The van der Waals surface area contributed by atoms with Crippen LogP contribution in [0, 0.1) is 0 Å². The van der Waals surface area contributed by atoms with Crippen molar-refractivity contribution in [2.24, 2.45) is 0 Å². The Balaban J connectivity index is 2.15. The lowest BCUT2D eigenvalue weighted by Crippen LogP contribution is -2.21. The maximum absolute atomic E-state index is 6.11. The fourth-order valence-corrected chi connectivity index (χ4v) is 2.73. The lowest BCUT2D eigenvalue weighted by Gasteiger charge is -2.21. The van der Waals surface area contributed by atoms with Gasteiger partial charge in [0.05, 0.1) is 16.7 Å². The number of nitrogens with zero attached hydrogens (tertiary/aromatic N) is 3. The summed E-state index contributed by atoms with van der Waals surface area (Å²) in [5.41, 5.74) is 10.3. The molecule has 3 rings (SSSR count). The van der Waals surface area contributed by atoms with Gasteiger partial charge in [-0.05, 0) is 44.2 Å². The van der Waals surface area contributed by atoms with Crippen LogP contribution in [-0.2, 0) is 0 Å². The molecule has 0 aliphatic rings. The van der Waals surface area contributed by atoms with Gasteiger partial charge in [0.2, 0.25) is 5.95 Å². The topological polar surface area (TPSA) is 47.1 Å². The smallest absolute Gasteiger partial charge is 0.205 e. The second-order valence-electron chi connectivity index (χ2n) is 4.99. The number of para-hydroxylation sites is 2. The summed E-state index contributed by atoms with van der Waals surface area (Å²) in [5.74, 6) is 0.521. The zero-order chi connectivity index (χ0) is 14.8. The Kier molecular flexibility index (Phi) is 3.52. The number of rotatable bonds is 4. The summed E-state index contributed by atoms with van der Waals surface area (Å²) in [5, 5.41) is 0. The van der Waals surface area contributed by atoms with Crippen LogP contribution in [0.15, 0.2) is 48.5 Å². The molecule has 1 heterocycles. The Bertz CT molecular complexity index is 756. The zero-order valence-electron chi connectivity index (χ0n) is 12.5. The van der Waals surface area contributed by atoms with Crippen molar-refractivity contribution in [1.82, 2.24) is 9.55 Å². The van der Waals surface area contributed by atoms with Gasteiger partial charge in [0.1, 0.15) is 0 Å². The minimum absolute atomic E-state index is 0.521. The third kappa shape index (κ3) is 2.33. The van der Waals surface area contributed by atoms with Crippen LogP contribution < -0.4 is 10.6 Å². The maximum atomic E-state index is 6.11. The number of aromatic nitrogens is 2. The van der Waals surface area contributed by atoms with Crippen LogP contribution in [0.3, 0.4) is 0 Å². The molecule has 4 nitrogen and oxygen atoms in total. The first kappa shape index (κ1) is 13.5. The minimum Gasteiger partial charge on any atom is -0.372 e. The van der Waals surface area contributed by atoms with Crippen LogP contribution in [0.2, 0.25) is 0 Å². The highest BCUT2D eigenvalue weighted by Crippen LogP contribution is 2.25. The van der Waals surface area contributed by atoms with Crippen molar-refractivity contribution < 1.29 is 0 Å². The summed E-state index contributed by atoms with van der Waals surface area (Å²) in [4.78, 5) is 6.75. The van der Waals surface area contributed by atoms with Gasteiger partial charge in [0.15, 0.2) is 0 Å². The van der Waals surface area contributed by atoms with Crippen LogP contribution >= 0.6 is 0 Å². The lowest BCUT2D eigenvalue weighted by molar-refractivity contribution is 0.865. The predicted molar refractivity (Wildman–Crippen MR) is 89.0 cm³/mol. The first-order valence-corrected chi connectivity index (χ1v) is 7.33. The summed E-state index contributed by atoms with van der Waals surface area (Å²) >= 11 is 0. The van der Waals surface area contributed by atoms with Gasteiger partial charge < -0.3 is 10.6 Å². The van der Waals surface area contributed by atoms with Gasteiger partial charge in [0.25, 0.3) is 0 Å². The summed E-state index contributed by atoms with van der Waals surface area (Å²) < 4.78 is 2.00. The lowest BCUT2D eigenvalue weighted by atomic mass is 10.2. The molecule has 0 fully saturated rings. The maximum Gasteiger partial charge on any atom is 0.205 e. The minimum atomic E-state index is 0.521. The second-order valence-corrected chi connectivity index (χ2v) is 4.99. The molecule has 0 spiro atoms. The number of nitrogen functional groups attached to an aromatic ring is 1. The van der Waals surface area contributed by atoms with Crippen LogP contribution in [0.5, 0.6) is 0 Å². The molecule has 0 radical (unpaired) electrons. The van der Waals surface area contributed by atoms with E-state index in [4.69, 9.17) is 5.73 Å². The molecule has 0 bridgehead atoms. The van der Waals surface area contributed by atoms with Gasteiger partial charge >= 0.3 is 0 Å². The van der Waals surface area contributed by atoms with E-state index >= 15 is 0 Å². The number of imidazole rings is 1. The Morgan fingerprint density at radius 2 is 1.81 bits per heavy atom. The van der Waals surface area contributed by atoms with Crippen molar-refractivity contribution >= 4 is 22.7 Å². The van der Waals surface area contributed by atoms with E-state index in [0.29, 0.717) is 5.95 Å². The summed E-state index contributed by atoms with van der Waals surface area (Å²) in [6.07, 6.45) is 0. The highest BCUT2D eigenvalue weighted by molar-refractivity contribution is 5.81. The van der Waals surface area contributed by atoms with Crippen LogP contribution in [0.4, 0.5) is 11.6 Å². The van der Waals surface area contributed by atoms with Gasteiger partial charge in [-0.15, -0.1) is 0 Å². The fraction of sp³-hybridized carbons (Fsp3) is 0.235. The normalized spacial score (nSPS) is 11.0. The van der Waals surface area contributed by atoms with E-state index in [1.165, 1.54) is 5.69 Å². The fourth-order valence-electron chi connectivity index (χ4n) is 2.73. The Morgan fingerprint density at radius 3 is 2.57 bits per heavy atom. The monoisotopic (exact) mass is 280 g/mol. The molecule has 2 N–H and O–H groups in total. The standard InChI is InChI=1S/C17H20N4/c1-3-20(4-2)13-8-7-9-14(12-13)21-16-11-6-5-10-15(16)19-17(21)18/h5-12H,3-4H2,1-2H3,(H2,18,19). The van der Waals surface area contributed by atoms with E-state index in [9.17, 15) is 0 Å². The molecule has 108 valence electrons. The van der Waals surface area contributed by atoms with E-state index in [2.05, 4.69) is 48.0 Å². The average molecular weight is 280 g/mol. The van der Waals surface area contributed by atoms with Gasteiger partial charge in [-0.2, -0.15) is 0 Å². The Morgan fingerprint density at radius 1 is 1.05 bits per heavy atom. The van der Waals surface area contributed by atoms with Crippen molar-refractivity contribution in [3.05, 3.63) is 48.5 Å². The molecule has 21 heavy (non-hydrogen) atoms. The molecule has 0 unspecified atom stereocenters. The largest absolute Gasteiger partial charge is 0.372 e. The number of hydrogen-bond acceptors (Lipinski definition) is 3. The highest BCUT2D eigenvalue weighted by Gasteiger charge is 2.10. The van der Waals surface area contributed by atoms with Gasteiger partial charge in [-0.25, -0.2) is 4.98 Å². The molecule has 0 amide bonds. The molecule has 0 aliphatic heterocycles. The number of benzene rings is 2. The SMILES string of the molecule is CCN(CC)c1cccc(-n2c(N)nc3ccccc32)c1. The molecule has 0 saturated carbocycles. The molecule has 4 heteroatoms. The van der Waals surface area contributed by atoms with Crippen molar-refractivity contribution in [3.8, 4) is 5.69 Å². The number of fused-ring (bicyclic) bond motifs is 1. The number of hydrogen-bond donors (Lipinski definition) is 1. The molecule has 0 aliphatic carbocycles. The van der Waals surface area contributed by atoms with Crippen molar-refractivity contribution in [2.45, 2.75) is 13.8 Å². The van der Waals surface area contributed by atoms with Crippen molar-refractivity contribution in [2.75, 3.05) is 23.7 Å².